The molecule has 0 spiro atoms. The smallest absolute Gasteiger partial charge is 0.161 e. The van der Waals surface area contributed by atoms with Crippen molar-refractivity contribution in [3.8, 4) is 11.5 Å². The van der Waals surface area contributed by atoms with Gasteiger partial charge in [-0.3, -0.25) is 0 Å². The lowest BCUT2D eigenvalue weighted by molar-refractivity contribution is 0.311. The molecule has 0 N–H and O–H groups in total. The number of methoxy groups -OCH3 is 1. The van der Waals surface area contributed by atoms with Crippen molar-refractivity contribution in [2.24, 2.45) is 5.92 Å². The molecule has 1 fully saturated rings. The molecule has 21 heavy (non-hydrogen) atoms. The summed E-state index contributed by atoms with van der Waals surface area (Å²) in [4.78, 5) is 0. The highest BCUT2D eigenvalue weighted by molar-refractivity contribution is 9.09. The minimum absolute atomic E-state index is 0.650. The Labute approximate surface area is 136 Å². The van der Waals surface area contributed by atoms with Gasteiger partial charge in [-0.1, -0.05) is 52.9 Å². The Morgan fingerprint density at radius 3 is 2.62 bits per heavy atom. The van der Waals surface area contributed by atoms with Gasteiger partial charge < -0.3 is 9.47 Å². The van der Waals surface area contributed by atoms with E-state index in [0.717, 1.165) is 22.7 Å². The molecule has 0 radical (unpaired) electrons. The molecule has 1 aliphatic rings. The first-order chi connectivity index (χ1) is 10.3. The number of hydrogen-bond donors (Lipinski definition) is 0. The number of rotatable bonds is 6. The molecule has 1 aromatic rings. The number of benzene rings is 1. The fraction of sp³-hybridized carbons (Fsp3) is 0.556. The second-order valence-corrected chi connectivity index (χ2v) is 6.09. The van der Waals surface area contributed by atoms with Crippen molar-refractivity contribution < 1.29 is 9.47 Å². The molecule has 1 aromatic carbocycles. The van der Waals surface area contributed by atoms with Crippen molar-refractivity contribution in [1.29, 1.82) is 0 Å². The van der Waals surface area contributed by atoms with Crippen molar-refractivity contribution >= 4 is 22.0 Å². The van der Waals surface area contributed by atoms with Gasteiger partial charge in [0.15, 0.2) is 11.5 Å². The number of halogens is 1. The van der Waals surface area contributed by atoms with Gasteiger partial charge in [-0.2, -0.15) is 0 Å². The predicted molar refractivity (Wildman–Crippen MR) is 92.5 cm³/mol. The molecular formula is C18H25BrO2. The van der Waals surface area contributed by atoms with E-state index >= 15 is 0 Å². The lowest BCUT2D eigenvalue weighted by atomic mass is 9.84. The van der Waals surface area contributed by atoms with Crippen LogP contribution in [0.1, 0.15) is 44.6 Å². The zero-order chi connectivity index (χ0) is 15.1. The zero-order valence-corrected chi connectivity index (χ0v) is 14.6. The van der Waals surface area contributed by atoms with Crippen molar-refractivity contribution in [2.75, 3.05) is 19.0 Å². The lowest BCUT2D eigenvalue weighted by Gasteiger charge is -2.23. The highest BCUT2D eigenvalue weighted by Gasteiger charge is 2.17. The first-order valence-electron chi connectivity index (χ1n) is 7.85. The first-order valence-corrected chi connectivity index (χ1v) is 8.98. The SMILES string of the molecule is CCOc1cc(/C=C(/CBr)C2CCCCC2)ccc1OC. The highest BCUT2D eigenvalue weighted by atomic mass is 79.9. The van der Waals surface area contributed by atoms with Crippen LogP contribution < -0.4 is 9.47 Å². The van der Waals surface area contributed by atoms with Crippen molar-refractivity contribution in [3.05, 3.63) is 29.3 Å². The normalized spacial score (nSPS) is 16.8. The minimum atomic E-state index is 0.650. The summed E-state index contributed by atoms with van der Waals surface area (Å²) in [6.07, 6.45) is 9.08. The molecule has 1 saturated carbocycles. The fourth-order valence-corrected chi connectivity index (χ4v) is 3.62. The predicted octanol–water partition coefficient (Wildman–Crippen LogP) is 5.45. The number of hydrogen-bond acceptors (Lipinski definition) is 2. The largest absolute Gasteiger partial charge is 0.493 e. The third kappa shape index (κ3) is 4.50. The van der Waals surface area contributed by atoms with Crippen LogP contribution in [0.15, 0.2) is 23.8 Å². The second-order valence-electron chi connectivity index (χ2n) is 5.53. The lowest BCUT2D eigenvalue weighted by Crippen LogP contribution is -2.10. The van der Waals surface area contributed by atoms with Gasteiger partial charge >= 0.3 is 0 Å². The molecule has 0 aromatic heterocycles. The van der Waals surface area contributed by atoms with Gasteiger partial charge in [-0.25, -0.2) is 0 Å². The van der Waals surface area contributed by atoms with E-state index in [4.69, 9.17) is 9.47 Å². The molecule has 1 aliphatic carbocycles. The van der Waals surface area contributed by atoms with Gasteiger partial charge in [0.25, 0.3) is 0 Å². The third-order valence-corrected chi connectivity index (χ3v) is 4.77. The van der Waals surface area contributed by atoms with Gasteiger partial charge in [-0.05, 0) is 43.4 Å². The van der Waals surface area contributed by atoms with E-state index in [1.165, 1.54) is 43.2 Å². The molecule has 0 heterocycles. The van der Waals surface area contributed by atoms with Crippen LogP contribution in [0.4, 0.5) is 0 Å². The Balaban J connectivity index is 2.22. The van der Waals surface area contributed by atoms with Crippen LogP contribution in [-0.4, -0.2) is 19.0 Å². The first kappa shape index (κ1) is 16.4. The number of allylic oxidation sites excluding steroid dienone is 1. The van der Waals surface area contributed by atoms with Gasteiger partial charge in [0.2, 0.25) is 0 Å². The third-order valence-electron chi connectivity index (χ3n) is 4.12. The van der Waals surface area contributed by atoms with E-state index in [1.807, 2.05) is 13.0 Å². The Bertz CT molecular complexity index is 476. The van der Waals surface area contributed by atoms with Crippen LogP contribution in [0.25, 0.3) is 6.08 Å². The molecule has 2 rings (SSSR count). The van der Waals surface area contributed by atoms with Crippen LogP contribution >= 0.6 is 15.9 Å². The average molecular weight is 353 g/mol. The van der Waals surface area contributed by atoms with E-state index in [2.05, 4.69) is 34.1 Å². The van der Waals surface area contributed by atoms with Crippen LogP contribution in [-0.2, 0) is 0 Å². The molecule has 0 atom stereocenters. The van der Waals surface area contributed by atoms with Gasteiger partial charge in [0.05, 0.1) is 13.7 Å². The van der Waals surface area contributed by atoms with Crippen molar-refractivity contribution in [1.82, 2.24) is 0 Å². The number of alkyl halides is 1. The van der Waals surface area contributed by atoms with E-state index in [0.29, 0.717) is 6.61 Å². The molecule has 0 unspecified atom stereocenters. The molecule has 0 amide bonds. The second kappa shape index (κ2) is 8.47. The number of ether oxygens (including phenoxy) is 2. The van der Waals surface area contributed by atoms with E-state index in [9.17, 15) is 0 Å². The summed E-state index contributed by atoms with van der Waals surface area (Å²) in [5.74, 6) is 2.36. The Kier molecular flexibility index (Phi) is 6.62. The summed E-state index contributed by atoms with van der Waals surface area (Å²) in [5.41, 5.74) is 2.70. The fourth-order valence-electron chi connectivity index (χ4n) is 3.00. The molecular weight excluding hydrogens is 328 g/mol. The minimum Gasteiger partial charge on any atom is -0.493 e. The Morgan fingerprint density at radius 2 is 2.00 bits per heavy atom. The summed E-state index contributed by atoms with van der Waals surface area (Å²) in [6, 6.07) is 6.17. The van der Waals surface area contributed by atoms with Crippen LogP contribution in [0.3, 0.4) is 0 Å². The maximum atomic E-state index is 5.66. The van der Waals surface area contributed by atoms with Crippen LogP contribution in [0.2, 0.25) is 0 Å². The van der Waals surface area contributed by atoms with Gasteiger partial charge in [0, 0.05) is 5.33 Å². The van der Waals surface area contributed by atoms with Crippen LogP contribution in [0.5, 0.6) is 11.5 Å². The van der Waals surface area contributed by atoms with Crippen LogP contribution in [0, 0.1) is 5.92 Å². The molecule has 0 aliphatic heterocycles. The molecule has 0 saturated heterocycles. The van der Waals surface area contributed by atoms with E-state index < -0.39 is 0 Å². The molecule has 3 heteroatoms. The van der Waals surface area contributed by atoms with Crippen molar-refractivity contribution in [3.63, 3.8) is 0 Å². The van der Waals surface area contributed by atoms with Gasteiger partial charge in [-0.15, -0.1) is 0 Å². The van der Waals surface area contributed by atoms with E-state index in [-0.39, 0.29) is 0 Å². The van der Waals surface area contributed by atoms with E-state index in [1.54, 1.807) is 7.11 Å². The summed E-state index contributed by atoms with van der Waals surface area (Å²) < 4.78 is 11.0. The maximum absolute atomic E-state index is 5.66. The zero-order valence-electron chi connectivity index (χ0n) is 13.0. The highest BCUT2D eigenvalue weighted by Crippen LogP contribution is 2.33. The standard InChI is InChI=1S/C18H25BrO2/c1-3-21-18-12-14(9-10-17(18)20-2)11-16(13-19)15-7-5-4-6-8-15/h9-12,15H,3-8,13H2,1-2H3/b16-11-. The average Bonchev–Trinajstić information content (AvgIpc) is 2.54. The Hall–Kier alpha value is -0.960. The quantitative estimate of drug-likeness (QED) is 0.633. The molecule has 116 valence electrons. The van der Waals surface area contributed by atoms with Crippen molar-refractivity contribution in [2.45, 2.75) is 39.0 Å². The Morgan fingerprint density at radius 1 is 1.24 bits per heavy atom. The summed E-state index contributed by atoms with van der Waals surface area (Å²) in [5, 5.41) is 0.952. The monoisotopic (exact) mass is 352 g/mol. The summed E-state index contributed by atoms with van der Waals surface area (Å²) in [6.45, 7) is 2.64. The van der Waals surface area contributed by atoms with Gasteiger partial charge in [0.1, 0.15) is 0 Å². The summed E-state index contributed by atoms with van der Waals surface area (Å²) >= 11 is 3.66. The summed E-state index contributed by atoms with van der Waals surface area (Å²) in [7, 11) is 1.68. The molecule has 0 bridgehead atoms. The maximum Gasteiger partial charge on any atom is 0.161 e. The molecule has 2 nitrogen and oxygen atoms in total. The topological polar surface area (TPSA) is 18.5 Å².